The second-order valence-corrected chi connectivity index (χ2v) is 7.53. The van der Waals surface area contributed by atoms with Crippen LogP contribution in [-0.2, 0) is 19.6 Å². The van der Waals surface area contributed by atoms with E-state index in [0.717, 1.165) is 0 Å². The number of ketones is 1. The Balaban J connectivity index is 1.79. The number of hydrogen-bond acceptors (Lipinski definition) is 6. The van der Waals surface area contributed by atoms with E-state index in [1.54, 1.807) is 36.4 Å². The van der Waals surface area contributed by atoms with Gasteiger partial charge in [0.15, 0.2) is 12.4 Å². The Kier molecular flexibility index (Phi) is 7.35. The zero-order valence-corrected chi connectivity index (χ0v) is 16.0. The smallest absolute Gasteiger partial charge is 0.307 e. The number of benzene rings is 2. The molecule has 0 unspecified atom stereocenters. The van der Waals surface area contributed by atoms with Crippen LogP contribution < -0.4 is 9.46 Å². The SMILES string of the molecule is COc1ccc(C(=O)COC(=O)CCNS(=O)(=O)c2ccccc2Cl)cc1. The fraction of sp³-hybridized carbons (Fsp3) is 0.222. The maximum atomic E-state index is 12.1. The third-order valence-electron chi connectivity index (χ3n) is 3.52. The number of Topliss-reactive ketones (excluding diaryl/α,β-unsaturated/α-hetero) is 1. The van der Waals surface area contributed by atoms with Gasteiger partial charge in [0.25, 0.3) is 0 Å². The molecule has 144 valence electrons. The summed E-state index contributed by atoms with van der Waals surface area (Å²) in [6.07, 6.45) is -0.223. The number of methoxy groups -OCH3 is 1. The minimum atomic E-state index is -3.84. The van der Waals surface area contributed by atoms with Crippen molar-refractivity contribution in [3.8, 4) is 5.75 Å². The molecular formula is C18H18ClNO6S. The molecule has 2 aromatic rings. The number of halogens is 1. The van der Waals surface area contributed by atoms with Crippen LogP contribution in [0.3, 0.4) is 0 Å². The first-order chi connectivity index (χ1) is 12.8. The van der Waals surface area contributed by atoms with Gasteiger partial charge >= 0.3 is 5.97 Å². The third-order valence-corrected chi connectivity index (χ3v) is 5.48. The highest BCUT2D eigenvalue weighted by Gasteiger charge is 2.18. The van der Waals surface area contributed by atoms with Gasteiger partial charge in [-0.25, -0.2) is 13.1 Å². The monoisotopic (exact) mass is 411 g/mol. The second kappa shape index (κ2) is 9.50. The fourth-order valence-electron chi connectivity index (χ4n) is 2.11. The van der Waals surface area contributed by atoms with Gasteiger partial charge in [0, 0.05) is 12.1 Å². The molecule has 0 saturated carbocycles. The normalized spacial score (nSPS) is 11.0. The summed E-state index contributed by atoms with van der Waals surface area (Å²) >= 11 is 5.86. The molecule has 0 fully saturated rings. The zero-order valence-electron chi connectivity index (χ0n) is 14.5. The van der Waals surface area contributed by atoms with E-state index in [0.29, 0.717) is 11.3 Å². The number of carbonyl (C=O) groups excluding carboxylic acids is 2. The number of carbonyl (C=O) groups is 2. The summed E-state index contributed by atoms with van der Waals surface area (Å²) in [7, 11) is -2.32. The van der Waals surface area contributed by atoms with Crippen molar-refractivity contribution >= 4 is 33.4 Å². The van der Waals surface area contributed by atoms with Crippen LogP contribution in [0.25, 0.3) is 0 Å². The number of rotatable bonds is 9. The van der Waals surface area contributed by atoms with Crippen LogP contribution in [0, 0.1) is 0 Å². The van der Waals surface area contributed by atoms with E-state index in [9.17, 15) is 18.0 Å². The lowest BCUT2D eigenvalue weighted by molar-refractivity contribution is -0.142. The minimum Gasteiger partial charge on any atom is -0.497 e. The molecule has 2 aromatic carbocycles. The first-order valence-corrected chi connectivity index (χ1v) is 9.76. The molecule has 0 aliphatic heterocycles. The minimum absolute atomic E-state index is 0.0743. The molecule has 9 heteroatoms. The number of nitrogens with one attached hydrogen (secondary N) is 1. The number of ether oxygens (including phenoxy) is 2. The molecule has 27 heavy (non-hydrogen) atoms. The van der Waals surface area contributed by atoms with Crippen LogP contribution in [0.4, 0.5) is 0 Å². The average molecular weight is 412 g/mol. The molecule has 0 heterocycles. The van der Waals surface area contributed by atoms with E-state index in [2.05, 4.69) is 4.72 Å². The number of hydrogen-bond donors (Lipinski definition) is 1. The number of esters is 1. The Morgan fingerprint density at radius 1 is 1.07 bits per heavy atom. The standard InChI is InChI=1S/C18H18ClNO6S/c1-25-14-8-6-13(7-9-14)16(21)12-26-18(22)10-11-20-27(23,24)17-5-3-2-4-15(17)19/h2-9,20H,10-12H2,1H3. The Bertz CT molecular complexity index is 912. The van der Waals surface area contributed by atoms with Crippen LogP contribution in [-0.4, -0.2) is 40.4 Å². The van der Waals surface area contributed by atoms with E-state index in [4.69, 9.17) is 21.1 Å². The van der Waals surface area contributed by atoms with Gasteiger partial charge in [-0.2, -0.15) is 0 Å². The van der Waals surface area contributed by atoms with Gasteiger partial charge in [0.1, 0.15) is 10.6 Å². The summed E-state index contributed by atoms with van der Waals surface area (Å²) < 4.78 is 36.4. The van der Waals surface area contributed by atoms with Crippen molar-refractivity contribution in [2.45, 2.75) is 11.3 Å². The summed E-state index contributed by atoms with van der Waals surface area (Å²) in [5, 5.41) is 0.0812. The summed E-state index contributed by atoms with van der Waals surface area (Å²) in [4.78, 5) is 23.6. The molecule has 0 aliphatic carbocycles. The fourth-order valence-corrected chi connectivity index (χ4v) is 3.66. The van der Waals surface area contributed by atoms with Gasteiger partial charge in [0.2, 0.25) is 10.0 Å². The molecule has 0 bridgehead atoms. The molecule has 1 N–H and O–H groups in total. The predicted molar refractivity (Wildman–Crippen MR) is 99.5 cm³/mol. The van der Waals surface area contributed by atoms with Crippen LogP contribution in [0.5, 0.6) is 5.75 Å². The predicted octanol–water partition coefficient (Wildman–Crippen LogP) is 2.44. The molecule has 7 nitrogen and oxygen atoms in total. The lowest BCUT2D eigenvalue weighted by Gasteiger charge is -2.08. The van der Waals surface area contributed by atoms with Crippen molar-refractivity contribution < 1.29 is 27.5 Å². The largest absolute Gasteiger partial charge is 0.497 e. The van der Waals surface area contributed by atoms with Crippen molar-refractivity contribution in [2.24, 2.45) is 0 Å². The summed E-state index contributed by atoms with van der Waals surface area (Å²) in [6.45, 7) is -0.606. The molecule has 0 atom stereocenters. The van der Waals surface area contributed by atoms with Gasteiger partial charge < -0.3 is 9.47 Å². The van der Waals surface area contributed by atoms with Crippen molar-refractivity contribution in [1.82, 2.24) is 4.72 Å². The molecule has 0 radical (unpaired) electrons. The molecule has 0 amide bonds. The quantitative estimate of drug-likeness (QED) is 0.502. The molecule has 2 rings (SSSR count). The van der Waals surface area contributed by atoms with Crippen molar-refractivity contribution in [3.63, 3.8) is 0 Å². The molecular weight excluding hydrogens is 394 g/mol. The average Bonchev–Trinajstić information content (AvgIpc) is 2.66. The molecule has 0 saturated heterocycles. The van der Waals surface area contributed by atoms with Gasteiger partial charge in [0.05, 0.1) is 18.6 Å². The summed E-state index contributed by atoms with van der Waals surface area (Å²) in [5.74, 6) is -0.462. The molecule has 0 aromatic heterocycles. The highest BCUT2D eigenvalue weighted by molar-refractivity contribution is 7.89. The van der Waals surface area contributed by atoms with Crippen LogP contribution in [0.1, 0.15) is 16.8 Å². The first-order valence-electron chi connectivity index (χ1n) is 7.90. The summed E-state index contributed by atoms with van der Waals surface area (Å²) in [5.41, 5.74) is 0.378. The van der Waals surface area contributed by atoms with Crippen molar-refractivity contribution in [2.75, 3.05) is 20.3 Å². The Hall–Kier alpha value is -2.42. The molecule has 0 aliphatic rings. The lowest BCUT2D eigenvalue weighted by Crippen LogP contribution is -2.27. The van der Waals surface area contributed by atoms with Gasteiger partial charge in [-0.1, -0.05) is 23.7 Å². The Morgan fingerprint density at radius 2 is 1.74 bits per heavy atom. The first kappa shape index (κ1) is 20.9. The Morgan fingerprint density at radius 3 is 2.37 bits per heavy atom. The maximum absolute atomic E-state index is 12.1. The van der Waals surface area contributed by atoms with Crippen LogP contribution >= 0.6 is 11.6 Å². The topological polar surface area (TPSA) is 98.8 Å². The maximum Gasteiger partial charge on any atom is 0.307 e. The van der Waals surface area contributed by atoms with E-state index in [1.165, 1.54) is 19.2 Å². The Labute approximate surface area is 162 Å². The zero-order chi connectivity index (χ0) is 19.9. The lowest BCUT2D eigenvalue weighted by atomic mass is 10.1. The van der Waals surface area contributed by atoms with Crippen LogP contribution in [0.15, 0.2) is 53.4 Å². The second-order valence-electron chi connectivity index (χ2n) is 5.39. The van der Waals surface area contributed by atoms with Crippen molar-refractivity contribution in [1.29, 1.82) is 0 Å². The third kappa shape index (κ3) is 6.06. The van der Waals surface area contributed by atoms with E-state index < -0.39 is 22.6 Å². The van der Waals surface area contributed by atoms with Crippen LogP contribution in [0.2, 0.25) is 5.02 Å². The van der Waals surface area contributed by atoms with E-state index in [-0.39, 0.29) is 28.7 Å². The van der Waals surface area contributed by atoms with E-state index >= 15 is 0 Å². The van der Waals surface area contributed by atoms with Gasteiger partial charge in [-0.3, -0.25) is 9.59 Å². The van der Waals surface area contributed by atoms with Gasteiger partial charge in [-0.15, -0.1) is 0 Å². The van der Waals surface area contributed by atoms with Gasteiger partial charge in [-0.05, 0) is 36.4 Å². The highest BCUT2D eigenvalue weighted by atomic mass is 35.5. The number of sulfonamides is 1. The highest BCUT2D eigenvalue weighted by Crippen LogP contribution is 2.20. The van der Waals surface area contributed by atoms with Crippen molar-refractivity contribution in [3.05, 3.63) is 59.1 Å². The summed E-state index contributed by atoms with van der Waals surface area (Å²) in [6, 6.07) is 12.3. The van der Waals surface area contributed by atoms with E-state index in [1.807, 2.05) is 0 Å². The molecule has 0 spiro atoms.